The van der Waals surface area contributed by atoms with Gasteiger partial charge >= 0.3 is 0 Å². The fourth-order valence-electron chi connectivity index (χ4n) is 2.22. The summed E-state index contributed by atoms with van der Waals surface area (Å²) in [5.74, 6) is 0. The molecule has 22 heavy (non-hydrogen) atoms. The number of nitrogens with zero attached hydrogens (tertiary/aromatic N) is 1. The van der Waals surface area contributed by atoms with Crippen LogP contribution in [0.4, 0.5) is 0 Å². The van der Waals surface area contributed by atoms with Crippen molar-refractivity contribution in [2.24, 2.45) is 0 Å². The largest absolute Gasteiger partial charge is 0.314 e. The van der Waals surface area contributed by atoms with Crippen molar-refractivity contribution in [3.05, 3.63) is 23.2 Å². The van der Waals surface area contributed by atoms with Gasteiger partial charge in [0.05, 0.1) is 9.92 Å². The van der Waals surface area contributed by atoms with E-state index in [0.29, 0.717) is 19.6 Å². The molecule has 1 aromatic carbocycles. The molecule has 0 bridgehead atoms. The molecule has 1 heterocycles. The molecular formula is C12H18Cl2N2O4S2. The molecule has 0 amide bonds. The Bertz CT molecular complexity index is 750. The van der Waals surface area contributed by atoms with Crippen LogP contribution in [0.3, 0.4) is 0 Å². The SMILES string of the molecule is CC1CNCCN1S(=O)(=O)c1cc(S(C)(=O)=O)ccc1Cl.Cl. The highest BCUT2D eigenvalue weighted by Crippen LogP contribution is 2.28. The van der Waals surface area contributed by atoms with Crippen molar-refractivity contribution in [2.45, 2.75) is 22.8 Å². The zero-order chi connectivity index (χ0) is 15.8. The Morgan fingerprint density at radius 3 is 2.45 bits per heavy atom. The summed E-state index contributed by atoms with van der Waals surface area (Å²) in [5, 5.41) is 3.12. The van der Waals surface area contributed by atoms with E-state index in [-0.39, 0.29) is 33.3 Å². The third-order valence-corrected chi connectivity index (χ3v) is 6.96. The van der Waals surface area contributed by atoms with Crippen molar-refractivity contribution in [1.82, 2.24) is 9.62 Å². The number of benzene rings is 1. The number of sulfone groups is 1. The molecule has 0 saturated carbocycles. The fraction of sp³-hybridized carbons (Fsp3) is 0.500. The normalized spacial score (nSPS) is 20.4. The van der Waals surface area contributed by atoms with E-state index in [1.165, 1.54) is 16.4 Å². The van der Waals surface area contributed by atoms with E-state index in [9.17, 15) is 16.8 Å². The predicted molar refractivity (Wildman–Crippen MR) is 88.0 cm³/mol. The minimum atomic E-state index is -3.83. The van der Waals surface area contributed by atoms with Gasteiger partial charge in [-0.25, -0.2) is 16.8 Å². The van der Waals surface area contributed by atoms with Gasteiger partial charge in [-0.1, -0.05) is 11.6 Å². The number of sulfonamides is 1. The molecule has 0 aromatic heterocycles. The van der Waals surface area contributed by atoms with Crippen LogP contribution in [0.15, 0.2) is 28.0 Å². The van der Waals surface area contributed by atoms with Crippen LogP contribution in [0.5, 0.6) is 0 Å². The Morgan fingerprint density at radius 2 is 1.91 bits per heavy atom. The Kier molecular flexibility index (Phi) is 6.28. The second kappa shape index (κ2) is 7.02. The second-order valence-corrected chi connectivity index (χ2v) is 9.32. The number of piperazine rings is 1. The number of hydrogen-bond acceptors (Lipinski definition) is 5. The van der Waals surface area contributed by atoms with E-state index in [1.807, 2.05) is 0 Å². The molecule has 0 radical (unpaired) electrons. The number of halogens is 2. The summed E-state index contributed by atoms with van der Waals surface area (Å²) in [5.41, 5.74) is 0. The lowest BCUT2D eigenvalue weighted by molar-refractivity contribution is 0.284. The zero-order valence-corrected chi connectivity index (χ0v) is 15.3. The lowest BCUT2D eigenvalue weighted by atomic mass is 10.3. The van der Waals surface area contributed by atoms with Crippen molar-refractivity contribution < 1.29 is 16.8 Å². The third kappa shape index (κ3) is 3.93. The van der Waals surface area contributed by atoms with Gasteiger partial charge in [-0.15, -0.1) is 12.4 Å². The Morgan fingerprint density at radius 1 is 1.27 bits per heavy atom. The second-order valence-electron chi connectivity index (χ2n) is 5.03. The van der Waals surface area contributed by atoms with Crippen LogP contribution in [-0.2, 0) is 19.9 Å². The van der Waals surface area contributed by atoms with Crippen molar-refractivity contribution in [3.63, 3.8) is 0 Å². The van der Waals surface area contributed by atoms with Crippen LogP contribution in [0, 0.1) is 0 Å². The van der Waals surface area contributed by atoms with E-state index in [2.05, 4.69) is 5.32 Å². The predicted octanol–water partition coefficient (Wildman–Crippen LogP) is 1.15. The Balaban J connectivity index is 0.00000242. The van der Waals surface area contributed by atoms with E-state index in [4.69, 9.17) is 11.6 Å². The topological polar surface area (TPSA) is 83.6 Å². The van der Waals surface area contributed by atoms with Crippen LogP contribution in [0.1, 0.15) is 6.92 Å². The van der Waals surface area contributed by atoms with Gasteiger partial charge in [0.25, 0.3) is 0 Å². The first kappa shape index (κ1) is 19.7. The molecule has 1 unspecified atom stereocenters. The third-order valence-electron chi connectivity index (χ3n) is 3.36. The first-order valence-electron chi connectivity index (χ1n) is 6.36. The first-order chi connectivity index (χ1) is 9.64. The van der Waals surface area contributed by atoms with Crippen molar-refractivity contribution in [1.29, 1.82) is 0 Å². The number of hydrogen-bond donors (Lipinski definition) is 1. The average molecular weight is 389 g/mol. The van der Waals surface area contributed by atoms with Crippen LogP contribution in [0.25, 0.3) is 0 Å². The molecule has 1 fully saturated rings. The minimum Gasteiger partial charge on any atom is -0.314 e. The summed E-state index contributed by atoms with van der Waals surface area (Å²) in [7, 11) is -7.33. The molecule has 126 valence electrons. The van der Waals surface area contributed by atoms with Gasteiger partial charge in [0.1, 0.15) is 4.90 Å². The van der Waals surface area contributed by atoms with Gasteiger partial charge in [0.2, 0.25) is 10.0 Å². The number of nitrogens with one attached hydrogen (secondary N) is 1. The average Bonchev–Trinajstić information content (AvgIpc) is 2.37. The zero-order valence-electron chi connectivity index (χ0n) is 12.1. The van der Waals surface area contributed by atoms with E-state index < -0.39 is 19.9 Å². The summed E-state index contributed by atoms with van der Waals surface area (Å²) in [6, 6.07) is 3.51. The van der Waals surface area contributed by atoms with Gasteiger partial charge in [-0.3, -0.25) is 0 Å². The maximum Gasteiger partial charge on any atom is 0.244 e. The summed E-state index contributed by atoms with van der Waals surface area (Å²) in [6.45, 7) is 3.20. The van der Waals surface area contributed by atoms with Crippen LogP contribution in [-0.4, -0.2) is 53.1 Å². The summed E-state index contributed by atoms with van der Waals surface area (Å²) in [4.78, 5) is -0.228. The Hall–Kier alpha value is -0.380. The van der Waals surface area contributed by atoms with Crippen LogP contribution < -0.4 is 5.32 Å². The quantitative estimate of drug-likeness (QED) is 0.839. The molecule has 6 nitrogen and oxygen atoms in total. The van der Waals surface area contributed by atoms with Crippen LogP contribution >= 0.6 is 24.0 Å². The van der Waals surface area contributed by atoms with Crippen molar-refractivity contribution in [3.8, 4) is 0 Å². The molecule has 1 aliphatic heterocycles. The van der Waals surface area contributed by atoms with E-state index in [1.54, 1.807) is 6.92 Å². The molecule has 1 saturated heterocycles. The summed E-state index contributed by atoms with van der Waals surface area (Å²) < 4.78 is 50.0. The maximum atomic E-state index is 12.7. The molecule has 1 N–H and O–H groups in total. The first-order valence-corrected chi connectivity index (χ1v) is 10.1. The van der Waals surface area contributed by atoms with Gasteiger partial charge in [-0.05, 0) is 25.1 Å². The molecule has 0 aliphatic carbocycles. The standard InChI is InChI=1S/C12H17ClN2O4S2.ClH/c1-9-8-14-5-6-15(9)21(18,19)12-7-10(20(2,16)17)3-4-11(12)13;/h3-4,7,9,14H,5-6,8H2,1-2H3;1H. The van der Waals surface area contributed by atoms with Gasteiger partial charge in [0.15, 0.2) is 9.84 Å². The van der Waals surface area contributed by atoms with Crippen molar-refractivity contribution >= 4 is 43.9 Å². The highest BCUT2D eigenvalue weighted by Gasteiger charge is 2.33. The molecular weight excluding hydrogens is 371 g/mol. The molecule has 1 atom stereocenters. The van der Waals surface area contributed by atoms with Crippen molar-refractivity contribution in [2.75, 3.05) is 25.9 Å². The lowest BCUT2D eigenvalue weighted by Gasteiger charge is -2.33. The molecule has 2 rings (SSSR count). The Labute approximate surface area is 142 Å². The fourth-order valence-corrected chi connectivity index (χ4v) is 5.07. The number of rotatable bonds is 3. The summed E-state index contributed by atoms with van der Waals surface area (Å²) in [6.07, 6.45) is 1.03. The maximum absolute atomic E-state index is 12.7. The molecule has 0 spiro atoms. The highest BCUT2D eigenvalue weighted by molar-refractivity contribution is 7.91. The minimum absolute atomic E-state index is 0. The highest BCUT2D eigenvalue weighted by atomic mass is 35.5. The van der Waals surface area contributed by atoms with E-state index >= 15 is 0 Å². The molecule has 10 heteroatoms. The van der Waals surface area contributed by atoms with E-state index in [0.717, 1.165) is 12.3 Å². The van der Waals surface area contributed by atoms with Gasteiger partial charge in [-0.2, -0.15) is 4.31 Å². The van der Waals surface area contributed by atoms with Crippen LogP contribution in [0.2, 0.25) is 5.02 Å². The monoisotopic (exact) mass is 388 g/mol. The summed E-state index contributed by atoms with van der Waals surface area (Å²) >= 11 is 5.98. The lowest BCUT2D eigenvalue weighted by Crippen LogP contribution is -2.52. The molecule has 1 aliphatic rings. The smallest absolute Gasteiger partial charge is 0.244 e. The van der Waals surface area contributed by atoms with Gasteiger partial charge < -0.3 is 5.32 Å². The van der Waals surface area contributed by atoms with Gasteiger partial charge in [0, 0.05) is 31.9 Å². The molecule has 1 aromatic rings.